The van der Waals surface area contributed by atoms with Crippen molar-refractivity contribution < 1.29 is 26.3 Å². The van der Waals surface area contributed by atoms with Crippen molar-refractivity contribution in [3.8, 4) is 5.75 Å². The lowest BCUT2D eigenvalue weighted by Crippen LogP contribution is -2.30. The molecule has 1 heterocycles. The molecule has 0 aromatic heterocycles. The van der Waals surface area contributed by atoms with Crippen molar-refractivity contribution in [2.75, 3.05) is 13.7 Å². The third-order valence-electron chi connectivity index (χ3n) is 3.66. The molecule has 2 rings (SSSR count). The second-order valence-electron chi connectivity index (χ2n) is 4.93. The molecule has 0 spiro atoms. The average molecular weight is 335 g/mol. The van der Waals surface area contributed by atoms with Gasteiger partial charge in [-0.05, 0) is 36.6 Å². The normalized spacial score (nSPS) is 20.1. The first-order valence-electron chi connectivity index (χ1n) is 6.60. The number of hydrogen-bond donors (Lipinski definition) is 0. The Hall–Kier alpha value is -1.54. The molecule has 4 nitrogen and oxygen atoms in total. The molecule has 1 fully saturated rings. The Kier molecular flexibility index (Phi) is 4.53. The predicted molar refractivity (Wildman–Crippen MR) is 75.8 cm³/mol. The molecule has 8 heteroatoms. The monoisotopic (exact) mass is 335 g/mol. The first-order valence-corrected chi connectivity index (χ1v) is 8.10. The van der Waals surface area contributed by atoms with Crippen molar-refractivity contribution in [2.24, 2.45) is 0 Å². The summed E-state index contributed by atoms with van der Waals surface area (Å²) in [5.74, 6) is 0.255. The maximum absolute atomic E-state index is 13.2. The third kappa shape index (κ3) is 3.12. The van der Waals surface area contributed by atoms with Gasteiger partial charge in [-0.15, -0.1) is 0 Å². The van der Waals surface area contributed by atoms with Gasteiger partial charge in [0.15, 0.2) is 0 Å². The Morgan fingerprint density at radius 3 is 2.64 bits per heavy atom. The minimum atomic E-state index is -4.56. The van der Waals surface area contributed by atoms with Crippen LogP contribution in [0.5, 0.6) is 5.75 Å². The van der Waals surface area contributed by atoms with E-state index in [2.05, 4.69) is 6.58 Å². The quantitative estimate of drug-likeness (QED) is 0.848. The Morgan fingerprint density at radius 1 is 1.41 bits per heavy atom. The lowest BCUT2D eigenvalue weighted by atomic mass is 9.98. The fraction of sp³-hybridized carbons (Fsp3) is 0.429. The van der Waals surface area contributed by atoms with E-state index in [1.165, 1.54) is 19.2 Å². The zero-order valence-corrected chi connectivity index (χ0v) is 12.7. The minimum absolute atomic E-state index is 0.0882. The highest BCUT2D eigenvalue weighted by molar-refractivity contribution is 7.92. The first kappa shape index (κ1) is 16.8. The van der Waals surface area contributed by atoms with Crippen molar-refractivity contribution in [2.45, 2.75) is 25.1 Å². The predicted octanol–water partition coefficient (Wildman–Crippen LogP) is 3.32. The summed E-state index contributed by atoms with van der Waals surface area (Å²) in [4.78, 5) is 0. The molecular weight excluding hydrogens is 319 g/mol. The molecule has 1 atom stereocenters. The van der Waals surface area contributed by atoms with Crippen molar-refractivity contribution >= 4 is 10.0 Å². The van der Waals surface area contributed by atoms with E-state index in [0.29, 0.717) is 12.8 Å². The van der Waals surface area contributed by atoms with Gasteiger partial charge in [0.05, 0.1) is 18.7 Å². The van der Waals surface area contributed by atoms with Crippen LogP contribution in [0.25, 0.3) is 0 Å². The minimum Gasteiger partial charge on any atom is -0.497 e. The van der Waals surface area contributed by atoms with Gasteiger partial charge in [0.2, 0.25) is 10.0 Å². The smallest absolute Gasteiger partial charge is 0.416 e. The van der Waals surface area contributed by atoms with E-state index in [9.17, 15) is 21.6 Å². The number of alkyl halides is 3. The largest absolute Gasteiger partial charge is 0.497 e. The molecule has 1 saturated heterocycles. The van der Waals surface area contributed by atoms with Gasteiger partial charge >= 0.3 is 6.18 Å². The Balaban J connectivity index is 2.57. The van der Waals surface area contributed by atoms with Crippen LogP contribution in [0.15, 0.2) is 30.2 Å². The van der Waals surface area contributed by atoms with E-state index >= 15 is 0 Å². The van der Waals surface area contributed by atoms with Gasteiger partial charge in [0.1, 0.15) is 5.75 Å². The molecule has 0 aliphatic carbocycles. The third-order valence-corrected chi connectivity index (χ3v) is 5.18. The van der Waals surface area contributed by atoms with Crippen molar-refractivity contribution in [1.82, 2.24) is 4.31 Å². The van der Waals surface area contributed by atoms with Crippen LogP contribution in [0.2, 0.25) is 0 Å². The molecule has 1 aliphatic rings. The summed E-state index contributed by atoms with van der Waals surface area (Å²) in [7, 11) is -2.44. The van der Waals surface area contributed by atoms with Gasteiger partial charge in [-0.2, -0.15) is 17.5 Å². The standard InChI is InChI=1S/C14H16F3NO3S/c1-3-22(19,20)18-8-4-5-13(18)11-9-10(21-2)6-7-12(11)14(15,16)17/h3,6-7,9,13H,1,4-5,8H2,2H3. The topological polar surface area (TPSA) is 46.6 Å². The zero-order chi connectivity index (χ0) is 16.5. The summed E-state index contributed by atoms with van der Waals surface area (Å²) in [6, 6.07) is 2.53. The molecule has 1 aliphatic heterocycles. The second kappa shape index (κ2) is 5.92. The number of halogens is 3. The molecule has 0 saturated carbocycles. The van der Waals surface area contributed by atoms with Crippen molar-refractivity contribution in [3.63, 3.8) is 0 Å². The van der Waals surface area contributed by atoms with E-state index in [-0.39, 0.29) is 17.9 Å². The van der Waals surface area contributed by atoms with Crippen LogP contribution in [-0.4, -0.2) is 26.4 Å². The van der Waals surface area contributed by atoms with Gasteiger partial charge < -0.3 is 4.74 Å². The van der Waals surface area contributed by atoms with Crippen LogP contribution in [-0.2, 0) is 16.2 Å². The summed E-state index contributed by atoms with van der Waals surface area (Å²) >= 11 is 0. The van der Waals surface area contributed by atoms with Crippen LogP contribution >= 0.6 is 0 Å². The lowest BCUT2D eigenvalue weighted by molar-refractivity contribution is -0.138. The maximum Gasteiger partial charge on any atom is 0.416 e. The van der Waals surface area contributed by atoms with Crippen LogP contribution in [0.4, 0.5) is 13.2 Å². The van der Waals surface area contributed by atoms with E-state index < -0.39 is 27.8 Å². The second-order valence-corrected chi connectivity index (χ2v) is 6.76. The van der Waals surface area contributed by atoms with Crippen LogP contribution < -0.4 is 4.74 Å². The van der Waals surface area contributed by atoms with Crippen LogP contribution in [0, 0.1) is 0 Å². The fourth-order valence-electron chi connectivity index (χ4n) is 2.65. The van der Waals surface area contributed by atoms with Crippen LogP contribution in [0.3, 0.4) is 0 Å². The average Bonchev–Trinajstić information content (AvgIpc) is 2.95. The molecular formula is C14H16F3NO3S. The fourth-order valence-corrected chi connectivity index (χ4v) is 3.80. The summed E-state index contributed by atoms with van der Waals surface area (Å²) in [6.07, 6.45) is -3.75. The number of hydrogen-bond acceptors (Lipinski definition) is 3. The lowest BCUT2D eigenvalue weighted by Gasteiger charge is -2.25. The maximum atomic E-state index is 13.2. The van der Waals surface area contributed by atoms with E-state index in [1.54, 1.807) is 0 Å². The Bertz CT molecular complexity index is 670. The van der Waals surface area contributed by atoms with E-state index in [4.69, 9.17) is 4.74 Å². The molecule has 122 valence electrons. The highest BCUT2D eigenvalue weighted by Crippen LogP contribution is 2.42. The highest BCUT2D eigenvalue weighted by Gasteiger charge is 2.40. The molecule has 0 bridgehead atoms. The molecule has 0 radical (unpaired) electrons. The van der Waals surface area contributed by atoms with E-state index in [0.717, 1.165) is 15.8 Å². The van der Waals surface area contributed by atoms with E-state index in [1.807, 2.05) is 0 Å². The molecule has 1 unspecified atom stereocenters. The van der Waals surface area contributed by atoms with Gasteiger partial charge in [0, 0.05) is 12.0 Å². The van der Waals surface area contributed by atoms with Gasteiger partial charge in [-0.25, -0.2) is 8.42 Å². The summed E-state index contributed by atoms with van der Waals surface area (Å²) in [6.45, 7) is 3.41. The summed E-state index contributed by atoms with van der Waals surface area (Å²) in [5.41, 5.74) is -0.931. The van der Waals surface area contributed by atoms with Crippen molar-refractivity contribution in [3.05, 3.63) is 41.3 Å². The summed E-state index contributed by atoms with van der Waals surface area (Å²) < 4.78 is 69.7. The van der Waals surface area contributed by atoms with Gasteiger partial charge in [-0.1, -0.05) is 6.58 Å². The molecule has 1 aromatic rings. The van der Waals surface area contributed by atoms with Gasteiger partial charge in [-0.3, -0.25) is 0 Å². The first-order chi connectivity index (χ1) is 10.2. The number of rotatable bonds is 4. The molecule has 0 N–H and O–H groups in total. The molecule has 22 heavy (non-hydrogen) atoms. The molecule has 1 aromatic carbocycles. The van der Waals surface area contributed by atoms with Crippen molar-refractivity contribution in [1.29, 1.82) is 0 Å². The Morgan fingerprint density at radius 2 is 2.09 bits per heavy atom. The SMILES string of the molecule is C=CS(=O)(=O)N1CCCC1c1cc(OC)ccc1C(F)(F)F. The molecule has 0 amide bonds. The number of ether oxygens (including phenoxy) is 1. The number of sulfonamides is 1. The zero-order valence-electron chi connectivity index (χ0n) is 11.9. The number of methoxy groups -OCH3 is 1. The van der Waals surface area contributed by atoms with Gasteiger partial charge in [0.25, 0.3) is 0 Å². The highest BCUT2D eigenvalue weighted by atomic mass is 32.2. The Labute approximate surface area is 127 Å². The summed E-state index contributed by atoms with van der Waals surface area (Å²) in [5, 5.41) is 0.763. The van der Waals surface area contributed by atoms with Crippen LogP contribution in [0.1, 0.15) is 30.0 Å². The number of nitrogens with zero attached hydrogens (tertiary/aromatic N) is 1. The number of benzene rings is 1.